The summed E-state index contributed by atoms with van der Waals surface area (Å²) < 4.78 is 36.6. The van der Waals surface area contributed by atoms with Gasteiger partial charge in [0.15, 0.2) is 0 Å². The zero-order chi connectivity index (χ0) is 12.3. The number of hydrogen-bond acceptors (Lipinski definition) is 1. The van der Waals surface area contributed by atoms with Crippen molar-refractivity contribution in [2.24, 2.45) is 5.92 Å². The van der Waals surface area contributed by atoms with E-state index in [0.29, 0.717) is 5.56 Å². The molecule has 0 unspecified atom stereocenters. The molecule has 1 N–H and O–H groups in total. The summed E-state index contributed by atoms with van der Waals surface area (Å²) in [5.41, 5.74) is -0.137. The van der Waals surface area contributed by atoms with E-state index in [1.54, 1.807) is 0 Å². The lowest BCUT2D eigenvalue weighted by Gasteiger charge is -2.09. The number of rotatable bonds is 3. The van der Waals surface area contributed by atoms with Crippen LogP contribution in [0.1, 0.15) is 18.1 Å². The molecule has 1 aromatic rings. The van der Waals surface area contributed by atoms with Crippen molar-refractivity contribution in [3.8, 4) is 0 Å². The molecule has 0 aliphatic heterocycles. The van der Waals surface area contributed by atoms with Crippen LogP contribution in [0.4, 0.5) is 13.2 Å². The molecule has 1 atom stereocenters. The first-order chi connectivity index (χ1) is 7.30. The van der Waals surface area contributed by atoms with Crippen LogP contribution >= 0.6 is 0 Å². The predicted octanol–water partition coefficient (Wildman–Crippen LogP) is 2.97. The topological polar surface area (TPSA) is 37.3 Å². The Morgan fingerprint density at radius 3 is 2.19 bits per heavy atom. The fraction of sp³-hybridized carbons (Fsp3) is 0.364. The molecule has 0 saturated carbocycles. The molecule has 0 aliphatic rings. The van der Waals surface area contributed by atoms with Gasteiger partial charge in [-0.25, -0.2) is 0 Å². The summed E-state index contributed by atoms with van der Waals surface area (Å²) in [6.07, 6.45) is -4.12. The Morgan fingerprint density at radius 1 is 1.31 bits per heavy atom. The molecule has 0 radical (unpaired) electrons. The molecule has 0 spiro atoms. The van der Waals surface area contributed by atoms with Crippen LogP contribution in [0.15, 0.2) is 24.3 Å². The average molecular weight is 232 g/mol. The molecule has 0 aliphatic carbocycles. The van der Waals surface area contributed by atoms with Crippen LogP contribution in [0.5, 0.6) is 0 Å². The smallest absolute Gasteiger partial charge is 0.416 e. The van der Waals surface area contributed by atoms with E-state index in [0.717, 1.165) is 12.1 Å². The molecule has 0 bridgehead atoms. The maximum Gasteiger partial charge on any atom is 0.416 e. The second kappa shape index (κ2) is 4.55. The second-order valence-corrected chi connectivity index (χ2v) is 3.64. The van der Waals surface area contributed by atoms with Gasteiger partial charge < -0.3 is 5.11 Å². The van der Waals surface area contributed by atoms with E-state index in [4.69, 9.17) is 5.11 Å². The second-order valence-electron chi connectivity index (χ2n) is 3.64. The van der Waals surface area contributed by atoms with E-state index < -0.39 is 23.6 Å². The molecule has 5 heteroatoms. The van der Waals surface area contributed by atoms with Crippen LogP contribution in [0.3, 0.4) is 0 Å². The third-order valence-corrected chi connectivity index (χ3v) is 2.24. The first-order valence-electron chi connectivity index (χ1n) is 4.69. The molecular weight excluding hydrogens is 221 g/mol. The molecule has 1 aromatic carbocycles. The summed E-state index contributed by atoms with van der Waals surface area (Å²) >= 11 is 0. The maximum atomic E-state index is 12.2. The number of hydrogen-bond donors (Lipinski definition) is 1. The molecule has 0 aromatic heterocycles. The van der Waals surface area contributed by atoms with Crippen LogP contribution in [-0.4, -0.2) is 11.1 Å². The van der Waals surface area contributed by atoms with Crippen LogP contribution in [0.2, 0.25) is 0 Å². The summed E-state index contributed by atoms with van der Waals surface area (Å²) in [5, 5.41) is 8.65. The van der Waals surface area contributed by atoms with E-state index in [9.17, 15) is 18.0 Å². The fourth-order valence-corrected chi connectivity index (χ4v) is 1.27. The highest BCUT2D eigenvalue weighted by atomic mass is 19.4. The van der Waals surface area contributed by atoms with Crippen molar-refractivity contribution in [3.05, 3.63) is 35.4 Å². The van der Waals surface area contributed by atoms with Crippen LogP contribution < -0.4 is 0 Å². The lowest BCUT2D eigenvalue weighted by molar-refractivity contribution is -0.141. The van der Waals surface area contributed by atoms with Crippen LogP contribution in [-0.2, 0) is 17.4 Å². The lowest BCUT2D eigenvalue weighted by Crippen LogP contribution is -2.12. The number of benzene rings is 1. The number of aliphatic carboxylic acids is 1. The van der Waals surface area contributed by atoms with E-state index in [2.05, 4.69) is 0 Å². The molecule has 0 fully saturated rings. The van der Waals surface area contributed by atoms with Gasteiger partial charge in [0.1, 0.15) is 0 Å². The van der Waals surface area contributed by atoms with Gasteiger partial charge in [-0.3, -0.25) is 4.79 Å². The molecule has 0 heterocycles. The highest BCUT2D eigenvalue weighted by Gasteiger charge is 2.29. The minimum atomic E-state index is -4.35. The third kappa shape index (κ3) is 3.25. The first kappa shape index (κ1) is 12.5. The zero-order valence-electron chi connectivity index (χ0n) is 8.58. The van der Waals surface area contributed by atoms with E-state index in [1.807, 2.05) is 0 Å². The number of carbonyl (C=O) groups is 1. The maximum absolute atomic E-state index is 12.2. The summed E-state index contributed by atoms with van der Waals surface area (Å²) in [7, 11) is 0. The van der Waals surface area contributed by atoms with Crippen molar-refractivity contribution < 1.29 is 23.1 Å². The fourth-order valence-electron chi connectivity index (χ4n) is 1.27. The highest BCUT2D eigenvalue weighted by Crippen LogP contribution is 2.29. The van der Waals surface area contributed by atoms with Gasteiger partial charge in [-0.05, 0) is 24.1 Å². The van der Waals surface area contributed by atoms with Gasteiger partial charge in [-0.2, -0.15) is 13.2 Å². The standard InChI is InChI=1S/C11H11F3O2/c1-7(10(15)16)6-8-2-4-9(5-3-8)11(12,13)14/h2-5,7H,6H2,1H3,(H,15,16)/t7-/m0/s1. The minimum absolute atomic E-state index is 0.230. The minimum Gasteiger partial charge on any atom is -0.481 e. The Kier molecular flexibility index (Phi) is 3.57. The van der Waals surface area contributed by atoms with Crippen LogP contribution in [0.25, 0.3) is 0 Å². The average Bonchev–Trinajstić information content (AvgIpc) is 2.17. The summed E-state index contributed by atoms with van der Waals surface area (Å²) in [6, 6.07) is 4.54. The van der Waals surface area contributed by atoms with Gasteiger partial charge in [0.25, 0.3) is 0 Å². The lowest BCUT2D eigenvalue weighted by atomic mass is 10.0. The molecule has 0 amide bonds. The van der Waals surface area contributed by atoms with Crippen molar-refractivity contribution in [1.82, 2.24) is 0 Å². The summed E-state index contributed by atoms with van der Waals surface area (Å²) in [6.45, 7) is 1.51. The Labute approximate surface area is 90.7 Å². The van der Waals surface area contributed by atoms with Gasteiger partial charge in [0.2, 0.25) is 0 Å². The largest absolute Gasteiger partial charge is 0.481 e. The third-order valence-electron chi connectivity index (χ3n) is 2.24. The van der Waals surface area contributed by atoms with E-state index in [-0.39, 0.29) is 6.42 Å². The van der Waals surface area contributed by atoms with Crippen molar-refractivity contribution in [3.63, 3.8) is 0 Å². The Morgan fingerprint density at radius 2 is 1.81 bits per heavy atom. The monoisotopic (exact) mass is 232 g/mol. The van der Waals surface area contributed by atoms with Crippen molar-refractivity contribution in [2.75, 3.05) is 0 Å². The Hall–Kier alpha value is -1.52. The quantitative estimate of drug-likeness (QED) is 0.869. The molecular formula is C11H11F3O2. The Bertz CT molecular complexity index is 368. The predicted molar refractivity (Wildman–Crippen MR) is 51.9 cm³/mol. The van der Waals surface area contributed by atoms with Gasteiger partial charge in [0, 0.05) is 0 Å². The van der Waals surface area contributed by atoms with E-state index in [1.165, 1.54) is 19.1 Å². The van der Waals surface area contributed by atoms with Gasteiger partial charge >= 0.3 is 12.1 Å². The zero-order valence-corrected chi connectivity index (χ0v) is 8.58. The molecule has 1 rings (SSSR count). The number of carboxylic acids is 1. The molecule has 0 saturated heterocycles. The molecule has 88 valence electrons. The number of halogens is 3. The number of alkyl halides is 3. The van der Waals surface area contributed by atoms with Gasteiger partial charge in [0.05, 0.1) is 11.5 Å². The normalized spacial score (nSPS) is 13.5. The van der Waals surface area contributed by atoms with Gasteiger partial charge in [-0.15, -0.1) is 0 Å². The van der Waals surface area contributed by atoms with Gasteiger partial charge in [-0.1, -0.05) is 19.1 Å². The summed E-state index contributed by atoms with van der Waals surface area (Å²) in [4.78, 5) is 10.5. The van der Waals surface area contributed by atoms with Crippen molar-refractivity contribution in [2.45, 2.75) is 19.5 Å². The van der Waals surface area contributed by atoms with Crippen LogP contribution in [0, 0.1) is 5.92 Å². The van der Waals surface area contributed by atoms with E-state index >= 15 is 0 Å². The van der Waals surface area contributed by atoms with Crippen molar-refractivity contribution >= 4 is 5.97 Å². The number of carboxylic acid groups (broad SMARTS) is 1. The molecule has 2 nitrogen and oxygen atoms in total. The van der Waals surface area contributed by atoms with Crippen molar-refractivity contribution in [1.29, 1.82) is 0 Å². The SMILES string of the molecule is C[C@@H](Cc1ccc(C(F)(F)F)cc1)C(=O)O. The highest BCUT2D eigenvalue weighted by molar-refractivity contribution is 5.69. The first-order valence-corrected chi connectivity index (χ1v) is 4.69. The Balaban J connectivity index is 2.76. The molecule has 16 heavy (non-hydrogen) atoms. The summed E-state index contributed by atoms with van der Waals surface area (Å²) in [5.74, 6) is -1.56.